The van der Waals surface area contributed by atoms with Crippen LogP contribution in [0.5, 0.6) is 0 Å². The SMILES string of the molecule is Cc1ccc(N2CC(C(=O)N3CCC(c4nnc(-c5ccoc5)o4)CC3)CC2=O)cc1. The van der Waals surface area contributed by atoms with Gasteiger partial charge in [0.25, 0.3) is 5.89 Å². The molecule has 3 aromatic rings. The number of carbonyl (C=O) groups excluding carboxylic acids is 2. The number of aromatic nitrogens is 2. The molecule has 8 heteroatoms. The number of anilines is 1. The molecule has 2 aliphatic rings. The van der Waals surface area contributed by atoms with Crippen LogP contribution in [-0.4, -0.2) is 46.5 Å². The fraction of sp³-hybridized carbons (Fsp3) is 0.391. The molecule has 0 saturated carbocycles. The normalized spacial score (nSPS) is 19.9. The van der Waals surface area contributed by atoms with Gasteiger partial charge in [0.15, 0.2) is 0 Å². The van der Waals surface area contributed by atoms with Crippen molar-refractivity contribution in [2.24, 2.45) is 5.92 Å². The number of aryl methyl sites for hydroxylation is 1. The van der Waals surface area contributed by atoms with Crippen LogP contribution in [0.2, 0.25) is 0 Å². The molecule has 5 rings (SSSR count). The number of rotatable bonds is 4. The molecule has 4 heterocycles. The van der Waals surface area contributed by atoms with E-state index in [2.05, 4.69) is 10.2 Å². The van der Waals surface area contributed by atoms with Gasteiger partial charge in [0.1, 0.15) is 6.26 Å². The molecule has 0 N–H and O–H groups in total. The van der Waals surface area contributed by atoms with E-state index in [9.17, 15) is 9.59 Å². The number of nitrogens with zero attached hydrogens (tertiary/aromatic N) is 4. The van der Waals surface area contributed by atoms with Gasteiger partial charge in [0, 0.05) is 37.7 Å². The van der Waals surface area contributed by atoms with Gasteiger partial charge >= 0.3 is 0 Å². The first-order valence-electron chi connectivity index (χ1n) is 10.6. The average molecular weight is 420 g/mol. The fourth-order valence-corrected chi connectivity index (χ4v) is 4.35. The van der Waals surface area contributed by atoms with Gasteiger partial charge in [-0.15, -0.1) is 10.2 Å². The topological polar surface area (TPSA) is 92.7 Å². The average Bonchev–Trinajstić information content (AvgIpc) is 3.55. The summed E-state index contributed by atoms with van der Waals surface area (Å²) in [6, 6.07) is 9.62. The van der Waals surface area contributed by atoms with Crippen molar-refractivity contribution in [3.63, 3.8) is 0 Å². The summed E-state index contributed by atoms with van der Waals surface area (Å²) in [5.74, 6) is 0.960. The zero-order valence-corrected chi connectivity index (χ0v) is 17.4. The summed E-state index contributed by atoms with van der Waals surface area (Å²) < 4.78 is 10.9. The Morgan fingerprint density at radius 3 is 2.58 bits per heavy atom. The molecule has 0 spiro atoms. The van der Waals surface area contributed by atoms with E-state index >= 15 is 0 Å². The molecule has 8 nitrogen and oxygen atoms in total. The van der Waals surface area contributed by atoms with E-state index in [0.717, 1.165) is 29.7 Å². The second-order valence-corrected chi connectivity index (χ2v) is 8.30. The molecular formula is C23H24N4O4. The van der Waals surface area contributed by atoms with Crippen molar-refractivity contribution in [3.8, 4) is 11.5 Å². The maximum Gasteiger partial charge on any atom is 0.250 e. The minimum absolute atomic E-state index is 0.00900. The first-order chi connectivity index (χ1) is 15.1. The standard InChI is InChI=1S/C23H24N4O4/c1-15-2-4-19(5-3-15)27-13-18(12-20(27)28)23(29)26-9-6-16(7-10-26)21-24-25-22(31-21)17-8-11-30-14-17/h2-5,8,11,14,16,18H,6-7,9-10,12-13H2,1H3. The monoisotopic (exact) mass is 420 g/mol. The highest BCUT2D eigenvalue weighted by Crippen LogP contribution is 2.32. The first kappa shape index (κ1) is 19.5. The van der Waals surface area contributed by atoms with Crippen LogP contribution in [0.1, 0.15) is 36.6 Å². The largest absolute Gasteiger partial charge is 0.472 e. The summed E-state index contributed by atoms with van der Waals surface area (Å²) in [7, 11) is 0. The van der Waals surface area contributed by atoms with Gasteiger partial charge in [0.2, 0.25) is 17.7 Å². The Morgan fingerprint density at radius 1 is 1.10 bits per heavy atom. The highest BCUT2D eigenvalue weighted by molar-refractivity contribution is 6.00. The van der Waals surface area contributed by atoms with E-state index in [1.165, 1.54) is 0 Å². The second-order valence-electron chi connectivity index (χ2n) is 8.30. The van der Waals surface area contributed by atoms with Gasteiger partial charge in [-0.2, -0.15) is 0 Å². The molecule has 160 valence electrons. The van der Waals surface area contributed by atoms with Gasteiger partial charge in [0.05, 0.1) is 17.7 Å². The van der Waals surface area contributed by atoms with E-state index < -0.39 is 0 Å². The zero-order chi connectivity index (χ0) is 21.4. The Labute approximate surface area is 179 Å². The Morgan fingerprint density at radius 2 is 1.87 bits per heavy atom. The smallest absolute Gasteiger partial charge is 0.250 e. The van der Waals surface area contributed by atoms with E-state index in [0.29, 0.717) is 31.4 Å². The highest BCUT2D eigenvalue weighted by Gasteiger charge is 2.38. The van der Waals surface area contributed by atoms with Crippen LogP contribution in [0, 0.1) is 12.8 Å². The lowest BCUT2D eigenvalue weighted by Gasteiger charge is -2.32. The summed E-state index contributed by atoms with van der Waals surface area (Å²) in [6.07, 6.45) is 4.94. The summed E-state index contributed by atoms with van der Waals surface area (Å²) in [6.45, 7) is 3.71. The van der Waals surface area contributed by atoms with E-state index in [1.54, 1.807) is 23.5 Å². The number of amides is 2. The molecule has 31 heavy (non-hydrogen) atoms. The van der Waals surface area contributed by atoms with Crippen molar-refractivity contribution < 1.29 is 18.4 Å². The number of carbonyl (C=O) groups is 2. The zero-order valence-electron chi connectivity index (χ0n) is 17.4. The molecule has 0 aliphatic carbocycles. The third-order valence-electron chi connectivity index (χ3n) is 6.18. The number of hydrogen-bond acceptors (Lipinski definition) is 6. The maximum absolute atomic E-state index is 13.1. The summed E-state index contributed by atoms with van der Waals surface area (Å²) in [5.41, 5.74) is 2.76. The lowest BCUT2D eigenvalue weighted by molar-refractivity contribution is -0.136. The number of hydrogen-bond donors (Lipinski definition) is 0. The number of piperidine rings is 1. The third kappa shape index (κ3) is 3.85. The molecule has 2 fully saturated rings. The Hall–Kier alpha value is -3.42. The van der Waals surface area contributed by atoms with Gasteiger partial charge < -0.3 is 18.6 Å². The predicted octanol–water partition coefficient (Wildman–Crippen LogP) is 3.40. The van der Waals surface area contributed by atoms with Crippen LogP contribution in [0.15, 0.2) is 51.7 Å². The second kappa shape index (κ2) is 8.02. The molecular weight excluding hydrogens is 396 g/mol. The third-order valence-corrected chi connectivity index (χ3v) is 6.18. The molecule has 0 radical (unpaired) electrons. The number of furan rings is 1. The van der Waals surface area contributed by atoms with Crippen molar-refractivity contribution in [2.45, 2.75) is 32.1 Å². The molecule has 1 unspecified atom stereocenters. The van der Waals surface area contributed by atoms with E-state index in [1.807, 2.05) is 36.1 Å². The summed E-state index contributed by atoms with van der Waals surface area (Å²) in [5, 5.41) is 8.29. The van der Waals surface area contributed by atoms with Gasteiger partial charge in [-0.3, -0.25) is 9.59 Å². The first-order valence-corrected chi connectivity index (χ1v) is 10.6. The van der Waals surface area contributed by atoms with Crippen LogP contribution in [0.3, 0.4) is 0 Å². The number of benzene rings is 1. The highest BCUT2D eigenvalue weighted by atomic mass is 16.4. The Kier molecular flexibility index (Phi) is 5.05. The van der Waals surface area contributed by atoms with Crippen LogP contribution in [0.25, 0.3) is 11.5 Å². The van der Waals surface area contributed by atoms with Gasteiger partial charge in [-0.05, 0) is 38.0 Å². The molecule has 2 aromatic heterocycles. The van der Waals surface area contributed by atoms with E-state index in [4.69, 9.17) is 8.83 Å². The van der Waals surface area contributed by atoms with Crippen LogP contribution < -0.4 is 4.90 Å². The molecule has 2 saturated heterocycles. The minimum atomic E-state index is -0.290. The molecule has 2 aliphatic heterocycles. The van der Waals surface area contributed by atoms with Crippen molar-refractivity contribution in [3.05, 3.63) is 54.3 Å². The lowest BCUT2D eigenvalue weighted by Crippen LogP contribution is -2.42. The Bertz CT molecular complexity index is 1070. The Balaban J connectivity index is 1.19. The van der Waals surface area contributed by atoms with Crippen molar-refractivity contribution in [1.29, 1.82) is 0 Å². The quantitative estimate of drug-likeness (QED) is 0.642. The fourth-order valence-electron chi connectivity index (χ4n) is 4.35. The van der Waals surface area contributed by atoms with E-state index in [-0.39, 0.29) is 30.1 Å². The molecule has 2 amide bonds. The van der Waals surface area contributed by atoms with Gasteiger partial charge in [-0.1, -0.05) is 17.7 Å². The predicted molar refractivity (Wildman–Crippen MR) is 112 cm³/mol. The molecule has 0 bridgehead atoms. The van der Waals surface area contributed by atoms with Crippen molar-refractivity contribution in [1.82, 2.24) is 15.1 Å². The minimum Gasteiger partial charge on any atom is -0.472 e. The lowest BCUT2D eigenvalue weighted by atomic mass is 9.95. The van der Waals surface area contributed by atoms with Gasteiger partial charge in [-0.25, -0.2) is 0 Å². The van der Waals surface area contributed by atoms with Crippen LogP contribution >= 0.6 is 0 Å². The van der Waals surface area contributed by atoms with Crippen molar-refractivity contribution >= 4 is 17.5 Å². The van der Waals surface area contributed by atoms with Crippen molar-refractivity contribution in [2.75, 3.05) is 24.5 Å². The van der Waals surface area contributed by atoms with Crippen LogP contribution in [0.4, 0.5) is 5.69 Å². The maximum atomic E-state index is 13.1. The summed E-state index contributed by atoms with van der Waals surface area (Å²) in [4.78, 5) is 29.2. The molecule has 1 atom stereocenters. The summed E-state index contributed by atoms with van der Waals surface area (Å²) >= 11 is 0. The van der Waals surface area contributed by atoms with Crippen LogP contribution in [-0.2, 0) is 9.59 Å². The number of likely N-dealkylation sites (tertiary alicyclic amines) is 1. The molecule has 1 aromatic carbocycles.